The summed E-state index contributed by atoms with van der Waals surface area (Å²) in [4.78, 5) is 9.03. The highest BCUT2D eigenvalue weighted by atomic mass is 79.9. The number of halogens is 2. The summed E-state index contributed by atoms with van der Waals surface area (Å²) in [7, 11) is 0. The van der Waals surface area contributed by atoms with Gasteiger partial charge in [0.2, 0.25) is 0 Å². The van der Waals surface area contributed by atoms with E-state index in [1.54, 1.807) is 12.1 Å². The molecule has 1 saturated carbocycles. The van der Waals surface area contributed by atoms with Gasteiger partial charge in [0.25, 0.3) is 0 Å². The fourth-order valence-corrected chi connectivity index (χ4v) is 3.11. The van der Waals surface area contributed by atoms with Gasteiger partial charge in [-0.2, -0.15) is 0 Å². The summed E-state index contributed by atoms with van der Waals surface area (Å²) >= 11 is 3.19. The van der Waals surface area contributed by atoms with Crippen LogP contribution in [-0.4, -0.2) is 9.97 Å². The minimum absolute atomic E-state index is 0.303. The van der Waals surface area contributed by atoms with Crippen LogP contribution in [0.25, 0.3) is 11.4 Å². The highest BCUT2D eigenvalue weighted by Gasteiger charge is 2.20. The Morgan fingerprint density at radius 1 is 1.19 bits per heavy atom. The maximum Gasteiger partial charge on any atom is 0.161 e. The zero-order chi connectivity index (χ0) is 14.8. The molecule has 0 atom stereocenters. The molecule has 1 heterocycles. The van der Waals surface area contributed by atoms with Gasteiger partial charge in [0.05, 0.1) is 4.47 Å². The van der Waals surface area contributed by atoms with Gasteiger partial charge in [0, 0.05) is 23.2 Å². The summed E-state index contributed by atoms with van der Waals surface area (Å²) in [6.45, 7) is 0. The lowest BCUT2D eigenvalue weighted by Gasteiger charge is -2.12. The monoisotopic (exact) mass is 350 g/mol. The highest BCUT2D eigenvalue weighted by molar-refractivity contribution is 9.10. The predicted molar refractivity (Wildman–Crippen MR) is 84.1 cm³/mol. The number of nitrogens with two attached hydrogens (primary N) is 1. The molecule has 6 heteroatoms. The molecule has 0 unspecified atom stereocenters. The summed E-state index contributed by atoms with van der Waals surface area (Å²) in [6.07, 6.45) is 4.76. The average Bonchev–Trinajstić information content (AvgIpc) is 3.04. The Morgan fingerprint density at radius 2 is 1.95 bits per heavy atom. The predicted octanol–water partition coefficient (Wildman–Crippen LogP) is 3.99. The summed E-state index contributed by atoms with van der Waals surface area (Å²) < 4.78 is 13.8. The topological polar surface area (TPSA) is 63.8 Å². The van der Waals surface area contributed by atoms with E-state index in [-0.39, 0.29) is 5.82 Å². The second-order valence-electron chi connectivity index (χ2n) is 5.26. The highest BCUT2D eigenvalue weighted by Crippen LogP contribution is 2.34. The Kier molecular flexibility index (Phi) is 4.17. The van der Waals surface area contributed by atoms with Crippen molar-refractivity contribution in [2.24, 2.45) is 5.84 Å². The first-order valence-electron chi connectivity index (χ1n) is 6.98. The van der Waals surface area contributed by atoms with Crippen molar-refractivity contribution in [1.29, 1.82) is 0 Å². The smallest absolute Gasteiger partial charge is 0.161 e. The van der Waals surface area contributed by atoms with Gasteiger partial charge < -0.3 is 5.43 Å². The van der Waals surface area contributed by atoms with Crippen molar-refractivity contribution in [2.45, 2.75) is 31.6 Å². The number of nitrogens with one attached hydrogen (secondary N) is 1. The molecule has 0 aliphatic heterocycles. The number of hydrazine groups is 1. The lowest BCUT2D eigenvalue weighted by molar-refractivity contribution is 0.621. The van der Waals surface area contributed by atoms with Crippen LogP contribution >= 0.6 is 15.9 Å². The van der Waals surface area contributed by atoms with Gasteiger partial charge in [-0.25, -0.2) is 20.2 Å². The molecule has 21 heavy (non-hydrogen) atoms. The van der Waals surface area contributed by atoms with Crippen molar-refractivity contribution in [1.82, 2.24) is 9.97 Å². The molecule has 2 aromatic rings. The lowest BCUT2D eigenvalue weighted by Crippen LogP contribution is -2.11. The Morgan fingerprint density at radius 3 is 2.62 bits per heavy atom. The SMILES string of the molecule is NNc1cc(C2CCCC2)nc(-c2ccc(F)c(Br)c2)n1. The summed E-state index contributed by atoms with van der Waals surface area (Å²) in [6, 6.07) is 6.66. The fraction of sp³-hybridized carbons (Fsp3) is 0.333. The van der Waals surface area contributed by atoms with E-state index < -0.39 is 0 Å². The molecular weight excluding hydrogens is 335 g/mol. The third-order valence-electron chi connectivity index (χ3n) is 3.85. The number of anilines is 1. The maximum atomic E-state index is 13.4. The number of hydrogen-bond donors (Lipinski definition) is 2. The standard InChI is InChI=1S/C15H16BrFN4/c16-11-7-10(5-6-12(11)17)15-19-13(8-14(20-15)21-18)9-3-1-2-4-9/h5-9H,1-4,18H2,(H,19,20,21). The van der Waals surface area contributed by atoms with Crippen molar-refractivity contribution in [3.05, 3.63) is 40.2 Å². The summed E-state index contributed by atoms with van der Waals surface area (Å²) in [5.41, 5.74) is 4.36. The molecule has 110 valence electrons. The normalized spacial score (nSPS) is 15.4. The quantitative estimate of drug-likeness (QED) is 0.648. The van der Waals surface area contributed by atoms with Gasteiger partial charge in [0.1, 0.15) is 11.6 Å². The van der Waals surface area contributed by atoms with Crippen molar-refractivity contribution in [3.8, 4) is 11.4 Å². The number of nitrogens with zero attached hydrogens (tertiary/aromatic N) is 2. The number of rotatable bonds is 3. The van der Waals surface area contributed by atoms with Crippen LogP contribution in [0.1, 0.15) is 37.3 Å². The molecular formula is C15H16BrFN4. The Bertz CT molecular complexity index is 656. The Balaban J connectivity index is 2.04. The maximum absolute atomic E-state index is 13.4. The van der Waals surface area contributed by atoms with Crippen LogP contribution in [-0.2, 0) is 0 Å². The first kappa shape index (κ1) is 14.4. The van der Waals surface area contributed by atoms with Crippen molar-refractivity contribution in [2.75, 3.05) is 5.43 Å². The van der Waals surface area contributed by atoms with Gasteiger partial charge in [-0.15, -0.1) is 0 Å². The van der Waals surface area contributed by atoms with Crippen LogP contribution in [0.3, 0.4) is 0 Å². The summed E-state index contributed by atoms with van der Waals surface area (Å²) in [5.74, 6) is 6.82. The minimum Gasteiger partial charge on any atom is -0.308 e. The molecule has 0 bridgehead atoms. The second kappa shape index (κ2) is 6.07. The van der Waals surface area contributed by atoms with E-state index in [4.69, 9.17) is 5.84 Å². The largest absolute Gasteiger partial charge is 0.308 e. The third kappa shape index (κ3) is 3.06. The van der Waals surface area contributed by atoms with Gasteiger partial charge in [-0.05, 0) is 47.0 Å². The Hall–Kier alpha value is -1.53. The number of aromatic nitrogens is 2. The van der Waals surface area contributed by atoms with Crippen LogP contribution in [0.2, 0.25) is 0 Å². The van der Waals surface area contributed by atoms with E-state index in [0.29, 0.717) is 22.0 Å². The zero-order valence-electron chi connectivity index (χ0n) is 11.4. The number of benzene rings is 1. The van der Waals surface area contributed by atoms with E-state index in [1.807, 2.05) is 6.07 Å². The lowest BCUT2D eigenvalue weighted by atomic mass is 10.0. The third-order valence-corrected chi connectivity index (χ3v) is 4.45. The first-order chi connectivity index (χ1) is 10.2. The molecule has 0 radical (unpaired) electrons. The molecule has 1 fully saturated rings. The first-order valence-corrected chi connectivity index (χ1v) is 7.77. The van der Waals surface area contributed by atoms with Crippen LogP contribution < -0.4 is 11.3 Å². The van der Waals surface area contributed by atoms with Crippen molar-refractivity contribution < 1.29 is 4.39 Å². The van der Waals surface area contributed by atoms with E-state index >= 15 is 0 Å². The fourth-order valence-electron chi connectivity index (χ4n) is 2.73. The molecule has 0 saturated heterocycles. The van der Waals surface area contributed by atoms with Crippen molar-refractivity contribution >= 4 is 21.7 Å². The zero-order valence-corrected chi connectivity index (χ0v) is 13.0. The minimum atomic E-state index is -0.303. The van der Waals surface area contributed by atoms with Gasteiger partial charge in [-0.3, -0.25) is 0 Å². The van der Waals surface area contributed by atoms with Gasteiger partial charge in [0.15, 0.2) is 5.82 Å². The molecule has 3 rings (SSSR count). The van der Waals surface area contributed by atoms with Crippen LogP contribution in [0.4, 0.5) is 10.2 Å². The van der Waals surface area contributed by atoms with E-state index in [2.05, 4.69) is 31.3 Å². The Labute approximate surface area is 131 Å². The second-order valence-corrected chi connectivity index (χ2v) is 6.11. The number of hydrogen-bond acceptors (Lipinski definition) is 4. The van der Waals surface area contributed by atoms with Gasteiger partial charge in [-0.1, -0.05) is 12.8 Å². The number of nitrogen functional groups attached to an aromatic ring is 1. The molecule has 1 aliphatic carbocycles. The molecule has 4 nitrogen and oxygen atoms in total. The van der Waals surface area contributed by atoms with Crippen molar-refractivity contribution in [3.63, 3.8) is 0 Å². The molecule has 1 aromatic heterocycles. The molecule has 1 aliphatic rings. The molecule has 3 N–H and O–H groups in total. The molecule has 0 spiro atoms. The van der Waals surface area contributed by atoms with Crippen LogP contribution in [0, 0.1) is 5.82 Å². The van der Waals surface area contributed by atoms with Crippen LogP contribution in [0.15, 0.2) is 28.7 Å². The summed E-state index contributed by atoms with van der Waals surface area (Å²) in [5, 5.41) is 0. The average molecular weight is 351 g/mol. The molecule has 0 amide bonds. The van der Waals surface area contributed by atoms with E-state index in [9.17, 15) is 4.39 Å². The molecule has 1 aromatic carbocycles. The van der Waals surface area contributed by atoms with Gasteiger partial charge >= 0.3 is 0 Å². The van der Waals surface area contributed by atoms with E-state index in [0.717, 1.165) is 24.1 Å². The van der Waals surface area contributed by atoms with Crippen LogP contribution in [0.5, 0.6) is 0 Å². The van der Waals surface area contributed by atoms with E-state index in [1.165, 1.54) is 18.9 Å².